The molecule has 2 N–H and O–H groups in total. The van der Waals surface area contributed by atoms with E-state index in [1.165, 1.54) is 0 Å². The minimum atomic E-state index is -0.542. The predicted molar refractivity (Wildman–Crippen MR) is 90.8 cm³/mol. The van der Waals surface area contributed by atoms with Crippen LogP contribution in [0.1, 0.15) is 41.5 Å². The Morgan fingerprint density at radius 2 is 1.77 bits per heavy atom. The molecule has 0 radical (unpaired) electrons. The fourth-order valence-electron chi connectivity index (χ4n) is 1.70. The van der Waals surface area contributed by atoms with Crippen LogP contribution in [0, 0.1) is 5.41 Å². The minimum Gasteiger partial charge on any atom is -0.495 e. The lowest BCUT2D eigenvalue weighted by Crippen LogP contribution is -2.27. The smallest absolute Gasteiger partial charge is 0.412 e. The van der Waals surface area contributed by atoms with Gasteiger partial charge in [0.15, 0.2) is 0 Å². The van der Waals surface area contributed by atoms with Gasteiger partial charge in [0, 0.05) is 12.2 Å². The standard InChI is InChI=1S/C17H28N2O3/c1-16(2,3)11-18-12-8-9-14(21-7)13(10-12)19-15(20)22-17(4,5)6/h8-10,18H,11H2,1-7H3,(H,19,20). The molecule has 0 aliphatic rings. The van der Waals surface area contributed by atoms with Gasteiger partial charge in [0.1, 0.15) is 11.4 Å². The summed E-state index contributed by atoms with van der Waals surface area (Å²) < 4.78 is 10.5. The second-order valence-electron chi connectivity index (χ2n) is 7.46. The number of hydrogen-bond acceptors (Lipinski definition) is 4. The molecule has 0 heterocycles. The van der Waals surface area contributed by atoms with Crippen LogP contribution in [-0.2, 0) is 4.74 Å². The number of nitrogens with one attached hydrogen (secondary N) is 2. The molecule has 1 aromatic carbocycles. The Labute approximate surface area is 133 Å². The molecule has 0 aromatic heterocycles. The van der Waals surface area contributed by atoms with Crippen molar-refractivity contribution in [3.05, 3.63) is 18.2 Å². The van der Waals surface area contributed by atoms with Gasteiger partial charge in [0.2, 0.25) is 0 Å². The molecule has 22 heavy (non-hydrogen) atoms. The molecular weight excluding hydrogens is 280 g/mol. The van der Waals surface area contributed by atoms with Crippen LogP contribution in [-0.4, -0.2) is 25.3 Å². The molecule has 1 amide bonds. The average Bonchev–Trinajstić information content (AvgIpc) is 2.33. The molecule has 0 saturated carbocycles. The normalized spacial score (nSPS) is 11.8. The van der Waals surface area contributed by atoms with E-state index in [-0.39, 0.29) is 5.41 Å². The lowest BCUT2D eigenvalue weighted by molar-refractivity contribution is 0.0635. The van der Waals surface area contributed by atoms with Gasteiger partial charge in [-0.05, 0) is 44.4 Å². The zero-order chi connectivity index (χ0) is 17.0. The van der Waals surface area contributed by atoms with Gasteiger partial charge in [-0.1, -0.05) is 20.8 Å². The molecule has 0 unspecified atom stereocenters. The first-order chi connectivity index (χ1) is 10.00. The third-order valence-corrected chi connectivity index (χ3v) is 2.66. The van der Waals surface area contributed by atoms with Crippen molar-refractivity contribution in [2.75, 3.05) is 24.3 Å². The van der Waals surface area contributed by atoms with Crippen LogP contribution < -0.4 is 15.4 Å². The summed E-state index contributed by atoms with van der Waals surface area (Å²) in [6.07, 6.45) is -0.501. The zero-order valence-corrected chi connectivity index (χ0v) is 14.7. The lowest BCUT2D eigenvalue weighted by atomic mass is 9.97. The number of benzene rings is 1. The quantitative estimate of drug-likeness (QED) is 0.859. The molecule has 0 atom stereocenters. The van der Waals surface area contributed by atoms with Crippen LogP contribution >= 0.6 is 0 Å². The van der Waals surface area contributed by atoms with Crippen molar-refractivity contribution in [2.45, 2.75) is 47.1 Å². The van der Waals surface area contributed by atoms with E-state index in [1.54, 1.807) is 7.11 Å². The SMILES string of the molecule is COc1ccc(NCC(C)(C)C)cc1NC(=O)OC(C)(C)C. The molecule has 0 aliphatic heterocycles. The molecule has 0 aliphatic carbocycles. The third kappa shape index (κ3) is 6.70. The summed E-state index contributed by atoms with van der Waals surface area (Å²) in [6, 6.07) is 5.58. The van der Waals surface area contributed by atoms with Gasteiger partial charge in [-0.3, -0.25) is 5.32 Å². The van der Waals surface area contributed by atoms with Gasteiger partial charge >= 0.3 is 6.09 Å². The van der Waals surface area contributed by atoms with Crippen LogP contribution in [0.5, 0.6) is 5.75 Å². The van der Waals surface area contributed by atoms with Crippen molar-refractivity contribution in [3.8, 4) is 5.75 Å². The number of anilines is 2. The average molecular weight is 308 g/mol. The van der Waals surface area contributed by atoms with Crippen molar-refractivity contribution in [1.29, 1.82) is 0 Å². The van der Waals surface area contributed by atoms with Gasteiger partial charge in [-0.25, -0.2) is 4.79 Å². The van der Waals surface area contributed by atoms with Gasteiger partial charge in [0.25, 0.3) is 0 Å². The maximum absolute atomic E-state index is 11.9. The van der Waals surface area contributed by atoms with E-state index in [4.69, 9.17) is 9.47 Å². The van der Waals surface area contributed by atoms with E-state index in [0.29, 0.717) is 11.4 Å². The Hall–Kier alpha value is -1.91. The first-order valence-corrected chi connectivity index (χ1v) is 7.42. The van der Waals surface area contributed by atoms with Crippen LogP contribution in [0.2, 0.25) is 0 Å². The summed E-state index contributed by atoms with van der Waals surface area (Å²) >= 11 is 0. The number of amides is 1. The van der Waals surface area contributed by atoms with Crippen LogP contribution in [0.3, 0.4) is 0 Å². The highest BCUT2D eigenvalue weighted by Gasteiger charge is 2.18. The van der Waals surface area contributed by atoms with Gasteiger partial charge < -0.3 is 14.8 Å². The topological polar surface area (TPSA) is 59.6 Å². The van der Waals surface area contributed by atoms with Gasteiger partial charge in [0.05, 0.1) is 12.8 Å². The number of methoxy groups -OCH3 is 1. The zero-order valence-electron chi connectivity index (χ0n) is 14.7. The summed E-state index contributed by atoms with van der Waals surface area (Å²) in [7, 11) is 1.57. The van der Waals surface area contributed by atoms with Crippen molar-refractivity contribution >= 4 is 17.5 Å². The molecule has 1 rings (SSSR count). The minimum absolute atomic E-state index is 0.165. The second-order valence-corrected chi connectivity index (χ2v) is 7.46. The van der Waals surface area contributed by atoms with Crippen LogP contribution in [0.15, 0.2) is 18.2 Å². The Morgan fingerprint density at radius 3 is 2.27 bits per heavy atom. The van der Waals surface area contributed by atoms with E-state index in [2.05, 4.69) is 31.4 Å². The number of carbonyl (C=O) groups is 1. The summed E-state index contributed by atoms with van der Waals surface area (Å²) in [5.41, 5.74) is 1.12. The van der Waals surface area contributed by atoms with Gasteiger partial charge in [-0.15, -0.1) is 0 Å². The Morgan fingerprint density at radius 1 is 1.14 bits per heavy atom. The predicted octanol–water partition coefficient (Wildman–Crippen LogP) is 4.50. The Balaban J connectivity index is 2.85. The highest BCUT2D eigenvalue weighted by atomic mass is 16.6. The molecule has 124 valence electrons. The fourth-order valence-corrected chi connectivity index (χ4v) is 1.70. The molecule has 5 nitrogen and oxygen atoms in total. The largest absolute Gasteiger partial charge is 0.495 e. The highest BCUT2D eigenvalue weighted by molar-refractivity contribution is 5.88. The van der Waals surface area contributed by atoms with Crippen molar-refractivity contribution in [1.82, 2.24) is 0 Å². The molecule has 0 saturated heterocycles. The van der Waals surface area contributed by atoms with Crippen molar-refractivity contribution in [2.24, 2.45) is 5.41 Å². The van der Waals surface area contributed by atoms with E-state index in [9.17, 15) is 4.79 Å². The van der Waals surface area contributed by atoms with Crippen molar-refractivity contribution in [3.63, 3.8) is 0 Å². The van der Waals surface area contributed by atoms with Crippen LogP contribution in [0.25, 0.3) is 0 Å². The Kier molecular flexibility index (Phi) is 5.69. The summed E-state index contributed by atoms with van der Waals surface area (Å²) in [4.78, 5) is 11.9. The van der Waals surface area contributed by atoms with E-state index < -0.39 is 11.7 Å². The molecule has 0 fully saturated rings. The number of ether oxygens (including phenoxy) is 2. The Bertz CT molecular complexity index is 514. The monoisotopic (exact) mass is 308 g/mol. The lowest BCUT2D eigenvalue weighted by Gasteiger charge is -2.22. The fraction of sp³-hybridized carbons (Fsp3) is 0.588. The van der Waals surface area contributed by atoms with Gasteiger partial charge in [-0.2, -0.15) is 0 Å². The number of hydrogen-bond donors (Lipinski definition) is 2. The molecule has 1 aromatic rings. The van der Waals surface area contributed by atoms with E-state index >= 15 is 0 Å². The van der Waals surface area contributed by atoms with Crippen LogP contribution in [0.4, 0.5) is 16.2 Å². The highest BCUT2D eigenvalue weighted by Crippen LogP contribution is 2.29. The first kappa shape index (κ1) is 18.1. The maximum Gasteiger partial charge on any atom is 0.412 e. The first-order valence-electron chi connectivity index (χ1n) is 7.42. The number of carbonyl (C=O) groups excluding carboxylic acids is 1. The molecular formula is C17H28N2O3. The summed E-state index contributed by atoms with van der Waals surface area (Å²) in [5.74, 6) is 0.590. The van der Waals surface area contributed by atoms with E-state index in [1.807, 2.05) is 39.0 Å². The number of rotatable bonds is 4. The van der Waals surface area contributed by atoms with Crippen molar-refractivity contribution < 1.29 is 14.3 Å². The molecule has 5 heteroatoms. The summed E-state index contributed by atoms with van der Waals surface area (Å²) in [5, 5.41) is 6.08. The third-order valence-electron chi connectivity index (χ3n) is 2.66. The molecule has 0 bridgehead atoms. The molecule has 0 spiro atoms. The van der Waals surface area contributed by atoms with E-state index in [0.717, 1.165) is 12.2 Å². The summed E-state index contributed by atoms with van der Waals surface area (Å²) in [6.45, 7) is 12.8. The maximum atomic E-state index is 11.9. The second kappa shape index (κ2) is 6.90.